The quantitative estimate of drug-likeness (QED) is 0.903. The molecular weight excluding hydrogens is 274 g/mol. The van der Waals surface area contributed by atoms with E-state index in [-0.39, 0.29) is 0 Å². The topological polar surface area (TPSA) is 59.4 Å². The Morgan fingerprint density at radius 1 is 1.50 bits per heavy atom. The van der Waals surface area contributed by atoms with Crippen LogP contribution in [0, 0.1) is 0 Å². The highest BCUT2D eigenvalue weighted by Gasteiger charge is 2.30. The smallest absolute Gasteiger partial charge is 0.347 e. The van der Waals surface area contributed by atoms with E-state index in [0.29, 0.717) is 11.7 Å². The first-order valence-electron chi connectivity index (χ1n) is 6.67. The number of hydrogen-bond acceptors (Lipinski definition) is 4. The van der Waals surface area contributed by atoms with Gasteiger partial charge in [0.1, 0.15) is 11.3 Å². The average molecular weight is 293 g/mol. The molecule has 0 saturated carbocycles. The summed E-state index contributed by atoms with van der Waals surface area (Å²) in [6.07, 6.45) is 1.02. The number of benzene rings is 1. The predicted octanol–water partition coefficient (Wildman–Crippen LogP) is 4.05. The Morgan fingerprint density at radius 3 is 2.80 bits per heavy atom. The number of ether oxygens (including phenoxy) is 1. The van der Waals surface area contributed by atoms with E-state index in [1.165, 1.54) is 13.8 Å². The fraction of sp³-hybridized carbons (Fsp3) is 0.467. The first-order chi connectivity index (χ1) is 9.35. The van der Waals surface area contributed by atoms with Gasteiger partial charge in [0.25, 0.3) is 0 Å². The van der Waals surface area contributed by atoms with Crippen molar-refractivity contribution < 1.29 is 14.6 Å². The zero-order valence-electron chi connectivity index (χ0n) is 12.1. The van der Waals surface area contributed by atoms with Crippen LogP contribution >= 0.6 is 11.3 Å². The van der Waals surface area contributed by atoms with Crippen LogP contribution in [0.5, 0.6) is 5.75 Å². The molecule has 0 amide bonds. The Bertz CT molecular complexity index is 633. The van der Waals surface area contributed by atoms with E-state index in [1.807, 2.05) is 12.1 Å². The van der Waals surface area contributed by atoms with Crippen molar-refractivity contribution in [1.82, 2.24) is 4.98 Å². The number of carbonyl (C=O) groups is 1. The van der Waals surface area contributed by atoms with Crippen molar-refractivity contribution in [3.05, 3.63) is 23.2 Å². The molecule has 0 fully saturated rings. The lowest BCUT2D eigenvalue weighted by Crippen LogP contribution is -2.37. The first kappa shape index (κ1) is 14.8. The second-order valence-corrected chi connectivity index (χ2v) is 6.44. The van der Waals surface area contributed by atoms with Crippen molar-refractivity contribution in [2.24, 2.45) is 0 Å². The Labute approximate surface area is 122 Å². The van der Waals surface area contributed by atoms with Crippen molar-refractivity contribution in [2.75, 3.05) is 0 Å². The van der Waals surface area contributed by atoms with Gasteiger partial charge in [0.15, 0.2) is 5.60 Å². The number of fused-ring (bicyclic) bond motifs is 1. The number of nitrogens with zero attached hydrogens (tertiary/aromatic N) is 1. The van der Waals surface area contributed by atoms with E-state index in [1.54, 1.807) is 17.4 Å². The van der Waals surface area contributed by atoms with Gasteiger partial charge in [-0.1, -0.05) is 19.9 Å². The summed E-state index contributed by atoms with van der Waals surface area (Å²) in [5.74, 6) is -0.0691. The molecule has 1 heterocycles. The second kappa shape index (κ2) is 5.40. The molecule has 4 nitrogen and oxygen atoms in total. The fourth-order valence-corrected chi connectivity index (χ4v) is 2.85. The summed E-state index contributed by atoms with van der Waals surface area (Å²) in [7, 11) is 0. The molecular formula is C15H19NO3S. The van der Waals surface area contributed by atoms with Gasteiger partial charge >= 0.3 is 5.97 Å². The van der Waals surface area contributed by atoms with Crippen molar-refractivity contribution in [1.29, 1.82) is 0 Å². The van der Waals surface area contributed by atoms with E-state index >= 15 is 0 Å². The van der Waals surface area contributed by atoms with Crippen LogP contribution in [0.3, 0.4) is 0 Å². The molecule has 0 aliphatic rings. The molecule has 20 heavy (non-hydrogen) atoms. The van der Waals surface area contributed by atoms with Gasteiger partial charge in [-0.05, 0) is 32.4 Å². The number of carboxylic acid groups (broad SMARTS) is 1. The van der Waals surface area contributed by atoms with Crippen LogP contribution in [0.4, 0.5) is 0 Å². The number of carboxylic acids is 1. The van der Waals surface area contributed by atoms with Gasteiger partial charge in [-0.3, -0.25) is 0 Å². The SMILES string of the molecule is CCC(C)c1nc2c(OC(C)(C)C(=O)O)cccc2s1. The van der Waals surface area contributed by atoms with E-state index < -0.39 is 11.6 Å². The van der Waals surface area contributed by atoms with Gasteiger partial charge in [-0.25, -0.2) is 9.78 Å². The highest BCUT2D eigenvalue weighted by atomic mass is 32.1. The zero-order chi connectivity index (χ0) is 14.9. The normalized spacial score (nSPS) is 13.4. The maximum absolute atomic E-state index is 11.2. The second-order valence-electron chi connectivity index (χ2n) is 5.38. The van der Waals surface area contributed by atoms with Crippen LogP contribution in [0.15, 0.2) is 18.2 Å². The molecule has 5 heteroatoms. The van der Waals surface area contributed by atoms with Crippen molar-refractivity contribution in [3.8, 4) is 5.75 Å². The maximum Gasteiger partial charge on any atom is 0.347 e. The minimum Gasteiger partial charge on any atom is -0.478 e. The number of thiazole rings is 1. The molecule has 0 saturated heterocycles. The van der Waals surface area contributed by atoms with Crippen LogP contribution < -0.4 is 4.74 Å². The average Bonchev–Trinajstić information content (AvgIpc) is 2.82. The van der Waals surface area contributed by atoms with E-state index in [4.69, 9.17) is 9.84 Å². The van der Waals surface area contributed by atoms with Crippen molar-refractivity contribution in [3.63, 3.8) is 0 Å². The molecule has 1 N–H and O–H groups in total. The van der Waals surface area contributed by atoms with Gasteiger partial charge < -0.3 is 9.84 Å². The van der Waals surface area contributed by atoms with Gasteiger partial charge in [-0.2, -0.15) is 0 Å². The maximum atomic E-state index is 11.2. The lowest BCUT2D eigenvalue weighted by molar-refractivity contribution is -0.152. The standard InChI is InChI=1S/C15H19NO3S/c1-5-9(2)13-16-12-10(7-6-8-11(12)20-13)19-15(3,4)14(17)18/h6-9H,5H2,1-4H3,(H,17,18). The third kappa shape index (κ3) is 2.77. The summed E-state index contributed by atoms with van der Waals surface area (Å²) in [6.45, 7) is 7.34. The predicted molar refractivity (Wildman–Crippen MR) is 80.7 cm³/mol. The number of aromatic nitrogens is 1. The number of hydrogen-bond donors (Lipinski definition) is 1. The zero-order valence-corrected chi connectivity index (χ0v) is 13.0. The minimum atomic E-state index is -1.27. The Kier molecular flexibility index (Phi) is 3.99. The van der Waals surface area contributed by atoms with Crippen LogP contribution in [0.1, 0.15) is 45.0 Å². The third-order valence-corrected chi connectivity index (χ3v) is 4.56. The molecule has 0 radical (unpaired) electrons. The molecule has 1 aromatic carbocycles. The number of rotatable bonds is 5. The molecule has 2 aromatic rings. The van der Waals surface area contributed by atoms with Gasteiger partial charge in [0.05, 0.1) is 9.71 Å². The van der Waals surface area contributed by atoms with Crippen LogP contribution in [-0.4, -0.2) is 21.7 Å². The first-order valence-corrected chi connectivity index (χ1v) is 7.48. The highest BCUT2D eigenvalue weighted by molar-refractivity contribution is 7.18. The summed E-state index contributed by atoms with van der Waals surface area (Å²) >= 11 is 1.64. The number of para-hydroxylation sites is 1. The lowest BCUT2D eigenvalue weighted by atomic mass is 10.1. The third-order valence-electron chi connectivity index (χ3n) is 3.31. The molecule has 108 valence electrons. The highest BCUT2D eigenvalue weighted by Crippen LogP contribution is 2.35. The molecule has 0 aliphatic carbocycles. The minimum absolute atomic E-state index is 0.396. The summed E-state index contributed by atoms with van der Waals surface area (Å²) in [6, 6.07) is 5.63. The Balaban J connectivity index is 2.44. The van der Waals surface area contributed by atoms with Crippen molar-refractivity contribution >= 4 is 27.5 Å². The van der Waals surface area contributed by atoms with Crippen LogP contribution in [0.25, 0.3) is 10.2 Å². The molecule has 2 rings (SSSR count). The molecule has 1 unspecified atom stereocenters. The molecule has 1 aromatic heterocycles. The van der Waals surface area contributed by atoms with Crippen molar-refractivity contribution in [2.45, 2.75) is 45.6 Å². The van der Waals surface area contributed by atoms with Gasteiger partial charge in [-0.15, -0.1) is 11.3 Å². The molecule has 1 atom stereocenters. The molecule has 0 bridgehead atoms. The lowest BCUT2D eigenvalue weighted by Gasteiger charge is -2.21. The Hall–Kier alpha value is -1.62. The summed E-state index contributed by atoms with van der Waals surface area (Å²) in [4.78, 5) is 15.8. The van der Waals surface area contributed by atoms with Crippen LogP contribution in [-0.2, 0) is 4.79 Å². The molecule has 0 aliphatic heterocycles. The monoisotopic (exact) mass is 293 g/mol. The van der Waals surface area contributed by atoms with Crippen LogP contribution in [0.2, 0.25) is 0 Å². The summed E-state index contributed by atoms with van der Waals surface area (Å²) in [5.41, 5.74) is -0.517. The number of aliphatic carboxylic acids is 1. The van der Waals surface area contributed by atoms with E-state index in [0.717, 1.165) is 21.6 Å². The van der Waals surface area contributed by atoms with E-state index in [2.05, 4.69) is 18.8 Å². The Morgan fingerprint density at radius 2 is 2.20 bits per heavy atom. The summed E-state index contributed by atoms with van der Waals surface area (Å²) < 4.78 is 6.67. The van der Waals surface area contributed by atoms with Gasteiger partial charge in [0, 0.05) is 5.92 Å². The molecule has 0 spiro atoms. The summed E-state index contributed by atoms with van der Waals surface area (Å²) in [5, 5.41) is 10.2. The van der Waals surface area contributed by atoms with Gasteiger partial charge in [0.2, 0.25) is 0 Å². The fourth-order valence-electron chi connectivity index (χ4n) is 1.73. The largest absolute Gasteiger partial charge is 0.478 e. The van der Waals surface area contributed by atoms with E-state index in [9.17, 15) is 4.79 Å².